The van der Waals surface area contributed by atoms with E-state index in [4.69, 9.17) is 5.73 Å². The highest BCUT2D eigenvalue weighted by Gasteiger charge is 2.17. The average Bonchev–Trinajstić information content (AvgIpc) is 2.30. The van der Waals surface area contributed by atoms with Gasteiger partial charge in [0.05, 0.1) is 19.2 Å². The van der Waals surface area contributed by atoms with Gasteiger partial charge in [-0.3, -0.25) is 9.78 Å². The number of alkyl halides is 2. The molecule has 1 aromatic heterocycles. The Kier molecular flexibility index (Phi) is 4.51. The van der Waals surface area contributed by atoms with Crippen molar-refractivity contribution >= 4 is 5.97 Å². The van der Waals surface area contributed by atoms with E-state index in [0.29, 0.717) is 11.1 Å². The van der Waals surface area contributed by atoms with E-state index in [9.17, 15) is 13.6 Å². The summed E-state index contributed by atoms with van der Waals surface area (Å²) in [6.07, 6.45) is -2.82. The third-order valence-corrected chi connectivity index (χ3v) is 2.39. The van der Waals surface area contributed by atoms with Crippen LogP contribution in [0.3, 0.4) is 0 Å². The van der Waals surface area contributed by atoms with Gasteiger partial charge in [0.1, 0.15) is 5.69 Å². The van der Waals surface area contributed by atoms with E-state index in [0.717, 1.165) is 0 Å². The van der Waals surface area contributed by atoms with Crippen LogP contribution in [-0.4, -0.2) is 18.1 Å². The highest BCUT2D eigenvalue weighted by atomic mass is 19.3. The zero-order valence-corrected chi connectivity index (χ0v) is 9.67. The molecule has 0 aromatic carbocycles. The zero-order chi connectivity index (χ0) is 13.0. The van der Waals surface area contributed by atoms with Crippen molar-refractivity contribution in [3.63, 3.8) is 0 Å². The number of nitrogens with zero attached hydrogens (tertiary/aromatic N) is 1. The molecule has 94 valence electrons. The zero-order valence-electron chi connectivity index (χ0n) is 9.67. The molecule has 2 N–H and O–H groups in total. The first-order chi connectivity index (χ1) is 7.99. The SMILES string of the molecule is COC(=O)Cc1nc(C(F)F)c(C)cc1CN. The number of nitrogens with two attached hydrogens (primary N) is 1. The third-order valence-electron chi connectivity index (χ3n) is 2.39. The highest BCUT2D eigenvalue weighted by molar-refractivity contribution is 5.72. The number of ether oxygens (including phenoxy) is 1. The first kappa shape index (κ1) is 13.5. The van der Waals surface area contributed by atoms with Gasteiger partial charge in [0.15, 0.2) is 0 Å². The van der Waals surface area contributed by atoms with Crippen molar-refractivity contribution in [1.82, 2.24) is 4.98 Å². The lowest BCUT2D eigenvalue weighted by molar-refractivity contribution is -0.139. The molecule has 6 heteroatoms. The second-order valence-electron chi connectivity index (χ2n) is 3.55. The molecule has 0 bridgehead atoms. The van der Waals surface area contributed by atoms with Gasteiger partial charge in [0, 0.05) is 6.54 Å². The van der Waals surface area contributed by atoms with Gasteiger partial charge in [0.25, 0.3) is 6.43 Å². The molecule has 4 nitrogen and oxygen atoms in total. The molecule has 0 saturated carbocycles. The predicted octanol–water partition coefficient (Wildman–Crippen LogP) is 1.50. The monoisotopic (exact) mass is 244 g/mol. The molecule has 1 aromatic rings. The van der Waals surface area contributed by atoms with Crippen molar-refractivity contribution in [2.24, 2.45) is 5.73 Å². The number of halogens is 2. The third kappa shape index (κ3) is 3.20. The maximum Gasteiger partial charge on any atom is 0.311 e. The first-order valence-corrected chi connectivity index (χ1v) is 5.04. The number of esters is 1. The molecule has 1 rings (SSSR count). The summed E-state index contributed by atoms with van der Waals surface area (Å²) in [6, 6.07) is 1.53. The van der Waals surface area contributed by atoms with Crippen LogP contribution >= 0.6 is 0 Å². The Bertz CT molecular complexity index is 422. The minimum Gasteiger partial charge on any atom is -0.469 e. The number of pyridine rings is 1. The topological polar surface area (TPSA) is 65.2 Å². The van der Waals surface area contributed by atoms with Crippen LogP contribution < -0.4 is 5.73 Å². The number of aryl methyl sites for hydroxylation is 1. The minimum atomic E-state index is -2.67. The van der Waals surface area contributed by atoms with Crippen LogP contribution in [0.1, 0.15) is 28.9 Å². The van der Waals surface area contributed by atoms with Crippen molar-refractivity contribution in [3.05, 3.63) is 28.6 Å². The Labute approximate surface area is 97.8 Å². The Morgan fingerprint density at radius 2 is 2.24 bits per heavy atom. The number of methoxy groups -OCH3 is 1. The minimum absolute atomic E-state index is 0.143. The standard InChI is InChI=1S/C11H14F2N2O2/c1-6-3-7(5-14)8(4-9(16)17-2)15-10(6)11(12)13/h3,11H,4-5,14H2,1-2H3. The molecule has 0 unspecified atom stereocenters. The van der Waals surface area contributed by atoms with Crippen LogP contribution in [0.25, 0.3) is 0 Å². The van der Waals surface area contributed by atoms with E-state index in [2.05, 4.69) is 9.72 Å². The van der Waals surface area contributed by atoms with Gasteiger partial charge in [-0.2, -0.15) is 0 Å². The first-order valence-electron chi connectivity index (χ1n) is 5.04. The van der Waals surface area contributed by atoms with Crippen LogP contribution in [0.2, 0.25) is 0 Å². The largest absolute Gasteiger partial charge is 0.469 e. The number of carbonyl (C=O) groups excluding carboxylic acids is 1. The fraction of sp³-hybridized carbons (Fsp3) is 0.455. The number of rotatable bonds is 4. The second-order valence-corrected chi connectivity index (χ2v) is 3.55. The summed E-state index contributed by atoms with van der Waals surface area (Å²) in [6.45, 7) is 1.68. The molecule has 0 atom stereocenters. The van der Waals surface area contributed by atoms with Crippen molar-refractivity contribution < 1.29 is 18.3 Å². The summed E-state index contributed by atoms with van der Waals surface area (Å²) in [5, 5.41) is 0. The smallest absolute Gasteiger partial charge is 0.311 e. The molecule has 0 aliphatic carbocycles. The van der Waals surface area contributed by atoms with Crippen molar-refractivity contribution in [3.8, 4) is 0 Å². The molecule has 1 heterocycles. The van der Waals surface area contributed by atoms with Crippen molar-refractivity contribution in [2.45, 2.75) is 26.3 Å². The summed E-state index contributed by atoms with van der Waals surface area (Å²) >= 11 is 0. The van der Waals surface area contributed by atoms with E-state index in [1.54, 1.807) is 0 Å². The van der Waals surface area contributed by atoms with Gasteiger partial charge in [-0.25, -0.2) is 8.78 Å². The van der Waals surface area contributed by atoms with Crippen LogP contribution in [0.4, 0.5) is 8.78 Å². The predicted molar refractivity (Wildman–Crippen MR) is 57.5 cm³/mol. The van der Waals surface area contributed by atoms with Gasteiger partial charge in [-0.05, 0) is 18.1 Å². The maximum absolute atomic E-state index is 12.7. The molecule has 0 fully saturated rings. The van der Waals surface area contributed by atoms with E-state index in [-0.39, 0.29) is 24.4 Å². The van der Waals surface area contributed by atoms with Crippen molar-refractivity contribution in [1.29, 1.82) is 0 Å². The van der Waals surface area contributed by atoms with Gasteiger partial charge >= 0.3 is 5.97 Å². The summed E-state index contributed by atoms with van der Waals surface area (Å²) in [5.41, 5.74) is 6.37. The number of aromatic nitrogens is 1. The highest BCUT2D eigenvalue weighted by Crippen LogP contribution is 2.23. The fourth-order valence-electron chi connectivity index (χ4n) is 1.48. The molecule has 0 amide bonds. The summed E-state index contributed by atoms with van der Waals surface area (Å²) in [7, 11) is 1.23. The number of hydrogen-bond acceptors (Lipinski definition) is 4. The molecule has 0 radical (unpaired) electrons. The lowest BCUT2D eigenvalue weighted by atomic mass is 10.1. The molecular weight excluding hydrogens is 230 g/mol. The lowest BCUT2D eigenvalue weighted by Gasteiger charge is -2.11. The molecular formula is C11H14F2N2O2. The van der Waals surface area contributed by atoms with E-state index in [1.807, 2.05) is 0 Å². The van der Waals surface area contributed by atoms with E-state index < -0.39 is 12.4 Å². The Hall–Kier alpha value is -1.56. The van der Waals surface area contributed by atoms with Crippen molar-refractivity contribution in [2.75, 3.05) is 7.11 Å². The molecule has 0 saturated heterocycles. The van der Waals surface area contributed by atoms with Crippen LogP contribution in [0.15, 0.2) is 6.07 Å². The van der Waals surface area contributed by atoms with Crippen LogP contribution in [0.5, 0.6) is 0 Å². The molecule has 0 aliphatic rings. The Morgan fingerprint density at radius 3 is 2.71 bits per heavy atom. The van der Waals surface area contributed by atoms with E-state index >= 15 is 0 Å². The van der Waals surface area contributed by atoms with Gasteiger partial charge in [-0.1, -0.05) is 6.07 Å². The normalized spacial score (nSPS) is 10.7. The summed E-state index contributed by atoms with van der Waals surface area (Å²) in [4.78, 5) is 14.9. The quantitative estimate of drug-likeness (QED) is 0.815. The maximum atomic E-state index is 12.7. The van der Waals surface area contributed by atoms with Gasteiger partial charge in [0.2, 0.25) is 0 Å². The second kappa shape index (κ2) is 5.67. The molecule has 0 spiro atoms. The number of hydrogen-bond donors (Lipinski definition) is 1. The average molecular weight is 244 g/mol. The molecule has 17 heavy (non-hydrogen) atoms. The van der Waals surface area contributed by atoms with E-state index in [1.165, 1.54) is 20.1 Å². The number of carbonyl (C=O) groups is 1. The van der Waals surface area contributed by atoms with Crippen LogP contribution in [0, 0.1) is 6.92 Å². The molecule has 0 aliphatic heterocycles. The fourth-order valence-corrected chi connectivity index (χ4v) is 1.48. The lowest BCUT2D eigenvalue weighted by Crippen LogP contribution is -2.13. The summed E-state index contributed by atoms with van der Waals surface area (Å²) in [5.74, 6) is -0.531. The Morgan fingerprint density at radius 1 is 1.59 bits per heavy atom. The van der Waals surface area contributed by atoms with Gasteiger partial charge in [-0.15, -0.1) is 0 Å². The summed E-state index contributed by atoms with van der Waals surface area (Å²) < 4.78 is 29.8. The van der Waals surface area contributed by atoms with Crippen LogP contribution in [-0.2, 0) is 22.5 Å². The Balaban J connectivity index is 3.16. The van der Waals surface area contributed by atoms with Gasteiger partial charge < -0.3 is 10.5 Å².